The summed E-state index contributed by atoms with van der Waals surface area (Å²) in [7, 11) is 3.03. The first-order valence-electron chi connectivity index (χ1n) is 7.59. The Morgan fingerprint density at radius 3 is 2.36 bits per heavy atom. The maximum atomic E-state index is 12.0. The molecule has 2 N–H and O–H groups in total. The van der Waals surface area contributed by atoms with Crippen LogP contribution in [0.1, 0.15) is 0 Å². The third-order valence-corrected chi connectivity index (χ3v) is 3.24. The van der Waals surface area contributed by atoms with Crippen molar-refractivity contribution in [2.75, 3.05) is 32.7 Å². The van der Waals surface area contributed by atoms with E-state index in [9.17, 15) is 9.59 Å². The summed E-state index contributed by atoms with van der Waals surface area (Å²) in [6, 6.07) is 14.0. The lowest BCUT2D eigenvalue weighted by Gasteiger charge is -2.12. The molecule has 0 aromatic heterocycles. The first kappa shape index (κ1) is 18.1. The fraction of sp³-hybridized carbons (Fsp3) is 0.222. The summed E-state index contributed by atoms with van der Waals surface area (Å²) >= 11 is 0. The molecule has 2 rings (SSSR count). The van der Waals surface area contributed by atoms with E-state index in [1.54, 1.807) is 37.4 Å². The van der Waals surface area contributed by atoms with Crippen molar-refractivity contribution in [1.82, 2.24) is 5.32 Å². The van der Waals surface area contributed by atoms with E-state index in [4.69, 9.17) is 14.2 Å². The van der Waals surface area contributed by atoms with Gasteiger partial charge in [-0.15, -0.1) is 0 Å². The molecule has 2 amide bonds. The van der Waals surface area contributed by atoms with Crippen LogP contribution in [0.25, 0.3) is 0 Å². The molecule has 7 nitrogen and oxygen atoms in total. The summed E-state index contributed by atoms with van der Waals surface area (Å²) in [5.74, 6) is 0.898. The number of anilines is 1. The Morgan fingerprint density at radius 2 is 1.68 bits per heavy atom. The van der Waals surface area contributed by atoms with Crippen molar-refractivity contribution in [3.63, 3.8) is 0 Å². The fourth-order valence-electron chi connectivity index (χ4n) is 1.99. The third kappa shape index (κ3) is 5.72. The Kier molecular flexibility index (Phi) is 6.65. The second kappa shape index (κ2) is 9.17. The normalized spacial score (nSPS) is 9.84. The van der Waals surface area contributed by atoms with E-state index >= 15 is 0 Å². The fourth-order valence-corrected chi connectivity index (χ4v) is 1.99. The topological polar surface area (TPSA) is 85.9 Å². The Labute approximate surface area is 145 Å². The van der Waals surface area contributed by atoms with Crippen LogP contribution >= 0.6 is 0 Å². The molecule has 0 aliphatic heterocycles. The van der Waals surface area contributed by atoms with Gasteiger partial charge < -0.3 is 24.8 Å². The molecule has 2 aromatic carbocycles. The van der Waals surface area contributed by atoms with Gasteiger partial charge in [-0.1, -0.05) is 18.2 Å². The van der Waals surface area contributed by atoms with Crippen LogP contribution in [0.2, 0.25) is 0 Å². The SMILES string of the molecule is COc1ccc(NC(=O)CNC(=O)COc2ccccc2)c(OC)c1. The number of nitrogens with one attached hydrogen (secondary N) is 2. The monoisotopic (exact) mass is 344 g/mol. The van der Waals surface area contributed by atoms with Crippen molar-refractivity contribution in [2.45, 2.75) is 0 Å². The van der Waals surface area contributed by atoms with E-state index in [0.717, 1.165) is 0 Å². The van der Waals surface area contributed by atoms with Gasteiger partial charge in [0.05, 0.1) is 26.5 Å². The van der Waals surface area contributed by atoms with Crippen LogP contribution < -0.4 is 24.8 Å². The summed E-state index contributed by atoms with van der Waals surface area (Å²) in [6.07, 6.45) is 0. The van der Waals surface area contributed by atoms with Crippen molar-refractivity contribution < 1.29 is 23.8 Å². The lowest BCUT2D eigenvalue weighted by atomic mass is 10.2. The number of benzene rings is 2. The van der Waals surface area contributed by atoms with Gasteiger partial charge >= 0.3 is 0 Å². The van der Waals surface area contributed by atoms with Gasteiger partial charge in [-0.25, -0.2) is 0 Å². The maximum absolute atomic E-state index is 12.0. The molecule has 0 fully saturated rings. The predicted molar refractivity (Wildman–Crippen MR) is 93.1 cm³/mol. The molecule has 0 aliphatic carbocycles. The minimum absolute atomic E-state index is 0.164. The van der Waals surface area contributed by atoms with Gasteiger partial charge in [0.2, 0.25) is 5.91 Å². The van der Waals surface area contributed by atoms with Gasteiger partial charge in [-0.3, -0.25) is 9.59 Å². The Hall–Kier alpha value is -3.22. The second-order valence-corrected chi connectivity index (χ2v) is 4.99. The molecule has 0 heterocycles. The van der Waals surface area contributed by atoms with E-state index < -0.39 is 0 Å². The van der Waals surface area contributed by atoms with Crippen molar-refractivity contribution >= 4 is 17.5 Å². The van der Waals surface area contributed by atoms with Crippen LogP contribution in [-0.2, 0) is 9.59 Å². The van der Waals surface area contributed by atoms with Crippen LogP contribution in [0, 0.1) is 0 Å². The Bertz CT molecular complexity index is 719. The molecule has 0 unspecified atom stereocenters. The molecule has 0 spiro atoms. The van der Waals surface area contributed by atoms with Crippen molar-refractivity contribution in [2.24, 2.45) is 0 Å². The van der Waals surface area contributed by atoms with E-state index in [0.29, 0.717) is 22.9 Å². The van der Waals surface area contributed by atoms with Crippen LogP contribution in [0.15, 0.2) is 48.5 Å². The quantitative estimate of drug-likeness (QED) is 0.763. The maximum Gasteiger partial charge on any atom is 0.258 e. The highest BCUT2D eigenvalue weighted by Crippen LogP contribution is 2.28. The minimum Gasteiger partial charge on any atom is -0.497 e. The average Bonchev–Trinajstić information content (AvgIpc) is 2.65. The number of para-hydroxylation sites is 1. The first-order valence-corrected chi connectivity index (χ1v) is 7.59. The molecule has 25 heavy (non-hydrogen) atoms. The number of carbonyl (C=O) groups is 2. The van der Waals surface area contributed by atoms with Gasteiger partial charge in [-0.2, -0.15) is 0 Å². The van der Waals surface area contributed by atoms with Crippen molar-refractivity contribution in [3.05, 3.63) is 48.5 Å². The molecular weight excluding hydrogens is 324 g/mol. The summed E-state index contributed by atoms with van der Waals surface area (Å²) in [5, 5.41) is 5.16. The predicted octanol–water partition coefficient (Wildman–Crippen LogP) is 1.84. The molecule has 2 aromatic rings. The van der Waals surface area contributed by atoms with E-state index in [2.05, 4.69) is 10.6 Å². The number of rotatable bonds is 8. The average molecular weight is 344 g/mol. The number of ether oxygens (including phenoxy) is 3. The highest BCUT2D eigenvalue weighted by molar-refractivity contribution is 5.95. The largest absolute Gasteiger partial charge is 0.497 e. The van der Waals surface area contributed by atoms with Gasteiger partial charge in [0.25, 0.3) is 5.91 Å². The first-order chi connectivity index (χ1) is 12.1. The molecule has 0 radical (unpaired) electrons. The zero-order valence-electron chi connectivity index (χ0n) is 14.1. The molecule has 0 saturated heterocycles. The van der Waals surface area contributed by atoms with E-state index in [-0.39, 0.29) is 25.0 Å². The number of methoxy groups -OCH3 is 2. The van der Waals surface area contributed by atoms with Gasteiger partial charge in [0.15, 0.2) is 6.61 Å². The molecule has 7 heteroatoms. The standard InChI is InChI=1S/C18H20N2O5/c1-23-14-8-9-15(16(10-14)24-2)20-17(21)11-19-18(22)12-25-13-6-4-3-5-7-13/h3-10H,11-12H2,1-2H3,(H,19,22)(H,20,21). The summed E-state index contributed by atoms with van der Waals surface area (Å²) in [6.45, 7) is -0.338. The minimum atomic E-state index is -0.388. The molecule has 0 bridgehead atoms. The summed E-state index contributed by atoms with van der Waals surface area (Å²) in [4.78, 5) is 23.7. The Morgan fingerprint density at radius 1 is 0.920 bits per heavy atom. The van der Waals surface area contributed by atoms with Crippen molar-refractivity contribution in [3.8, 4) is 17.2 Å². The third-order valence-electron chi connectivity index (χ3n) is 3.24. The van der Waals surface area contributed by atoms with E-state index in [1.807, 2.05) is 18.2 Å². The smallest absolute Gasteiger partial charge is 0.258 e. The van der Waals surface area contributed by atoms with Crippen LogP contribution in [0.5, 0.6) is 17.2 Å². The molecule has 0 saturated carbocycles. The molecular formula is C18H20N2O5. The second-order valence-electron chi connectivity index (χ2n) is 4.99. The molecule has 0 aliphatic rings. The summed E-state index contributed by atoms with van der Waals surface area (Å²) in [5.41, 5.74) is 0.489. The van der Waals surface area contributed by atoms with Crippen LogP contribution in [0.4, 0.5) is 5.69 Å². The summed E-state index contributed by atoms with van der Waals surface area (Å²) < 4.78 is 15.6. The number of hydrogen-bond acceptors (Lipinski definition) is 5. The number of amides is 2. The highest BCUT2D eigenvalue weighted by Gasteiger charge is 2.10. The Balaban J connectivity index is 1.79. The molecule has 0 atom stereocenters. The van der Waals surface area contributed by atoms with Crippen LogP contribution in [0.3, 0.4) is 0 Å². The van der Waals surface area contributed by atoms with Gasteiger partial charge in [0.1, 0.15) is 17.2 Å². The van der Waals surface area contributed by atoms with Crippen LogP contribution in [-0.4, -0.2) is 39.2 Å². The lowest BCUT2D eigenvalue weighted by Crippen LogP contribution is -2.35. The zero-order valence-corrected chi connectivity index (χ0v) is 14.1. The van der Waals surface area contributed by atoms with Crippen molar-refractivity contribution in [1.29, 1.82) is 0 Å². The molecule has 132 valence electrons. The highest BCUT2D eigenvalue weighted by atomic mass is 16.5. The number of hydrogen-bond donors (Lipinski definition) is 2. The van der Waals surface area contributed by atoms with E-state index in [1.165, 1.54) is 7.11 Å². The van der Waals surface area contributed by atoms with Gasteiger partial charge in [0, 0.05) is 6.07 Å². The lowest BCUT2D eigenvalue weighted by molar-refractivity contribution is -0.125. The van der Waals surface area contributed by atoms with Gasteiger partial charge in [-0.05, 0) is 24.3 Å². The zero-order chi connectivity index (χ0) is 18.1. The number of carbonyl (C=O) groups excluding carboxylic acids is 2.